The standard InChI is InChI=1S/C23H27N5O4/c1-3-32-23(31)17-8-7-12-26(15-17)20(29)11-13-27-16(2)25-21-19(22(27)30)14-24-28(21)18-9-5-4-6-10-18/h4-6,9-10,14,17H,3,7-8,11-13,15H2,1-2H3. The smallest absolute Gasteiger partial charge is 0.310 e. The minimum Gasteiger partial charge on any atom is -0.466 e. The minimum atomic E-state index is -0.279. The third-order valence-electron chi connectivity index (χ3n) is 5.82. The molecule has 0 saturated carbocycles. The molecule has 168 valence electrons. The Bertz CT molecular complexity index is 1180. The van der Waals surface area contributed by atoms with Gasteiger partial charge in [-0.1, -0.05) is 18.2 Å². The van der Waals surface area contributed by atoms with Crippen LogP contribution in [0.25, 0.3) is 16.7 Å². The summed E-state index contributed by atoms with van der Waals surface area (Å²) in [5, 5.41) is 4.75. The van der Waals surface area contributed by atoms with Crippen LogP contribution in [0.2, 0.25) is 0 Å². The zero-order valence-corrected chi connectivity index (χ0v) is 18.4. The molecule has 32 heavy (non-hydrogen) atoms. The number of carbonyl (C=O) groups is 2. The number of nitrogens with zero attached hydrogens (tertiary/aromatic N) is 5. The van der Waals surface area contributed by atoms with E-state index in [2.05, 4.69) is 10.1 Å². The fourth-order valence-electron chi connectivity index (χ4n) is 4.15. The van der Waals surface area contributed by atoms with Gasteiger partial charge in [-0.15, -0.1) is 0 Å². The van der Waals surface area contributed by atoms with Crippen LogP contribution in [0.15, 0.2) is 41.3 Å². The molecule has 1 aliphatic heterocycles. The maximum atomic E-state index is 13.1. The Morgan fingerprint density at radius 3 is 2.75 bits per heavy atom. The molecule has 0 N–H and O–H groups in total. The molecule has 1 aliphatic rings. The Hall–Kier alpha value is -3.49. The van der Waals surface area contributed by atoms with Gasteiger partial charge in [0.15, 0.2) is 5.65 Å². The molecule has 3 aromatic rings. The number of rotatable bonds is 6. The van der Waals surface area contributed by atoms with Gasteiger partial charge in [0, 0.05) is 26.1 Å². The number of likely N-dealkylation sites (tertiary alicyclic amines) is 1. The van der Waals surface area contributed by atoms with Crippen molar-refractivity contribution >= 4 is 22.9 Å². The number of hydrogen-bond donors (Lipinski definition) is 0. The molecule has 3 heterocycles. The van der Waals surface area contributed by atoms with Crippen molar-refractivity contribution < 1.29 is 14.3 Å². The van der Waals surface area contributed by atoms with E-state index in [-0.39, 0.29) is 36.3 Å². The van der Waals surface area contributed by atoms with Gasteiger partial charge in [-0.05, 0) is 38.8 Å². The van der Waals surface area contributed by atoms with Gasteiger partial charge in [0.25, 0.3) is 5.56 Å². The third-order valence-corrected chi connectivity index (χ3v) is 5.82. The molecular formula is C23H27N5O4. The van der Waals surface area contributed by atoms with E-state index in [1.165, 1.54) is 10.8 Å². The van der Waals surface area contributed by atoms with Crippen molar-refractivity contribution in [3.8, 4) is 5.69 Å². The number of aromatic nitrogens is 4. The van der Waals surface area contributed by atoms with Crippen LogP contribution in [0.4, 0.5) is 0 Å². The highest BCUT2D eigenvalue weighted by Gasteiger charge is 2.29. The first-order valence-corrected chi connectivity index (χ1v) is 10.9. The Kier molecular flexibility index (Phi) is 6.34. The van der Waals surface area contributed by atoms with E-state index in [0.717, 1.165) is 18.5 Å². The number of hydrogen-bond acceptors (Lipinski definition) is 6. The normalized spacial score (nSPS) is 16.3. The van der Waals surface area contributed by atoms with Gasteiger partial charge >= 0.3 is 5.97 Å². The van der Waals surface area contributed by atoms with Crippen LogP contribution in [0.1, 0.15) is 32.0 Å². The molecule has 2 aromatic heterocycles. The van der Waals surface area contributed by atoms with Crippen LogP contribution < -0.4 is 5.56 Å². The number of fused-ring (bicyclic) bond motifs is 1. The summed E-state index contributed by atoms with van der Waals surface area (Å²) in [6, 6.07) is 9.51. The van der Waals surface area contributed by atoms with Gasteiger partial charge < -0.3 is 9.64 Å². The molecule has 0 bridgehead atoms. The summed E-state index contributed by atoms with van der Waals surface area (Å²) in [6.07, 6.45) is 3.17. The van der Waals surface area contributed by atoms with Crippen molar-refractivity contribution in [2.45, 2.75) is 39.7 Å². The first kappa shape index (κ1) is 21.7. The Labute approximate surface area is 185 Å². The second-order valence-electron chi connectivity index (χ2n) is 7.93. The van der Waals surface area contributed by atoms with Crippen molar-refractivity contribution in [2.75, 3.05) is 19.7 Å². The predicted molar refractivity (Wildman–Crippen MR) is 118 cm³/mol. The number of aryl methyl sites for hydroxylation is 1. The number of piperidine rings is 1. The van der Waals surface area contributed by atoms with Gasteiger partial charge in [0.1, 0.15) is 11.2 Å². The van der Waals surface area contributed by atoms with E-state index in [1.807, 2.05) is 30.3 Å². The third kappa shape index (κ3) is 4.28. The highest BCUT2D eigenvalue weighted by atomic mass is 16.5. The average Bonchev–Trinajstić information content (AvgIpc) is 3.23. The number of esters is 1. The highest BCUT2D eigenvalue weighted by Crippen LogP contribution is 2.19. The minimum absolute atomic E-state index is 0.0784. The van der Waals surface area contributed by atoms with Crippen LogP contribution in [-0.2, 0) is 20.9 Å². The quantitative estimate of drug-likeness (QED) is 0.548. The van der Waals surface area contributed by atoms with E-state index < -0.39 is 0 Å². The van der Waals surface area contributed by atoms with Crippen LogP contribution in [0, 0.1) is 12.8 Å². The number of carbonyl (C=O) groups excluding carboxylic acids is 2. The zero-order chi connectivity index (χ0) is 22.7. The second kappa shape index (κ2) is 9.33. The summed E-state index contributed by atoms with van der Waals surface area (Å²) < 4.78 is 8.27. The monoisotopic (exact) mass is 437 g/mol. The van der Waals surface area contributed by atoms with Crippen molar-refractivity contribution in [2.24, 2.45) is 5.92 Å². The van der Waals surface area contributed by atoms with Gasteiger partial charge in [0.2, 0.25) is 5.91 Å². The number of ether oxygens (including phenoxy) is 1. The summed E-state index contributed by atoms with van der Waals surface area (Å²) in [4.78, 5) is 44.2. The fraction of sp³-hybridized carbons (Fsp3) is 0.435. The average molecular weight is 438 g/mol. The topological polar surface area (TPSA) is 99.3 Å². The van der Waals surface area contributed by atoms with E-state index in [4.69, 9.17) is 4.74 Å². The lowest BCUT2D eigenvalue weighted by atomic mass is 9.98. The SMILES string of the molecule is CCOC(=O)C1CCCN(C(=O)CCn2c(C)nc3c(cnn3-c3ccccc3)c2=O)C1. The maximum Gasteiger partial charge on any atom is 0.310 e. The molecule has 0 aliphatic carbocycles. The molecule has 0 radical (unpaired) electrons. The summed E-state index contributed by atoms with van der Waals surface area (Å²) >= 11 is 0. The molecule has 1 fully saturated rings. The van der Waals surface area contributed by atoms with E-state index in [1.54, 1.807) is 23.4 Å². The second-order valence-corrected chi connectivity index (χ2v) is 7.93. The van der Waals surface area contributed by atoms with Crippen LogP contribution in [0.5, 0.6) is 0 Å². The molecule has 1 atom stereocenters. The number of amides is 1. The fourth-order valence-corrected chi connectivity index (χ4v) is 4.15. The summed E-state index contributed by atoms with van der Waals surface area (Å²) in [5.74, 6) is -0.0810. The molecule has 1 aromatic carbocycles. The first-order valence-electron chi connectivity index (χ1n) is 10.9. The molecule has 9 nitrogen and oxygen atoms in total. The van der Waals surface area contributed by atoms with Crippen LogP contribution >= 0.6 is 0 Å². The lowest BCUT2D eigenvalue weighted by molar-refractivity contribution is -0.151. The van der Waals surface area contributed by atoms with Crippen molar-refractivity contribution in [1.82, 2.24) is 24.2 Å². The lowest BCUT2D eigenvalue weighted by Crippen LogP contribution is -2.43. The first-order chi connectivity index (χ1) is 15.5. The predicted octanol–water partition coefficient (Wildman–Crippen LogP) is 2.08. The highest BCUT2D eigenvalue weighted by molar-refractivity contribution is 5.79. The van der Waals surface area contributed by atoms with E-state index in [9.17, 15) is 14.4 Å². The van der Waals surface area contributed by atoms with Crippen LogP contribution in [0.3, 0.4) is 0 Å². The molecule has 1 saturated heterocycles. The largest absolute Gasteiger partial charge is 0.466 e. The zero-order valence-electron chi connectivity index (χ0n) is 18.4. The Morgan fingerprint density at radius 2 is 2.00 bits per heavy atom. The molecule has 1 unspecified atom stereocenters. The Balaban J connectivity index is 1.49. The van der Waals surface area contributed by atoms with Crippen LogP contribution in [-0.4, -0.2) is 55.8 Å². The molecule has 9 heteroatoms. The van der Waals surface area contributed by atoms with E-state index >= 15 is 0 Å². The molecular weight excluding hydrogens is 410 g/mol. The van der Waals surface area contributed by atoms with Gasteiger partial charge in [-0.25, -0.2) is 9.67 Å². The molecule has 0 spiro atoms. The molecule has 4 rings (SSSR count). The lowest BCUT2D eigenvalue weighted by Gasteiger charge is -2.31. The van der Waals surface area contributed by atoms with Crippen molar-refractivity contribution in [3.63, 3.8) is 0 Å². The number of benzene rings is 1. The summed E-state index contributed by atoms with van der Waals surface area (Å²) in [5.41, 5.74) is 1.10. The van der Waals surface area contributed by atoms with Gasteiger partial charge in [-0.2, -0.15) is 5.10 Å². The maximum absolute atomic E-state index is 13.1. The number of para-hydroxylation sites is 1. The van der Waals surface area contributed by atoms with Crippen molar-refractivity contribution in [1.29, 1.82) is 0 Å². The van der Waals surface area contributed by atoms with E-state index in [0.29, 0.717) is 36.6 Å². The Morgan fingerprint density at radius 1 is 1.22 bits per heavy atom. The van der Waals surface area contributed by atoms with Gasteiger partial charge in [0.05, 0.1) is 24.4 Å². The summed E-state index contributed by atoms with van der Waals surface area (Å²) in [6.45, 7) is 5.07. The van der Waals surface area contributed by atoms with Gasteiger partial charge in [-0.3, -0.25) is 19.0 Å². The molecule has 1 amide bonds. The summed E-state index contributed by atoms with van der Waals surface area (Å²) in [7, 11) is 0. The van der Waals surface area contributed by atoms with Crippen molar-refractivity contribution in [3.05, 3.63) is 52.7 Å².